The lowest BCUT2D eigenvalue weighted by molar-refractivity contribution is -0.118. The average molecular weight is 273 g/mol. The van der Waals surface area contributed by atoms with Crippen LogP contribution in [0.4, 0.5) is 0 Å². The molecule has 0 amide bonds. The van der Waals surface area contributed by atoms with Crippen LogP contribution in [0.5, 0.6) is 0 Å². The maximum atomic E-state index is 11.8. The van der Waals surface area contributed by atoms with E-state index in [1.54, 1.807) is 18.2 Å². The van der Waals surface area contributed by atoms with Crippen LogP contribution in [0.25, 0.3) is 0 Å². The van der Waals surface area contributed by atoms with E-state index in [4.69, 9.17) is 23.2 Å². The van der Waals surface area contributed by atoms with E-state index in [2.05, 4.69) is 0 Å². The van der Waals surface area contributed by atoms with Crippen molar-refractivity contribution in [2.75, 3.05) is 0 Å². The molecular formula is C13H14Cl2O2. The van der Waals surface area contributed by atoms with Gasteiger partial charge in [0, 0.05) is 12.0 Å². The summed E-state index contributed by atoms with van der Waals surface area (Å²) in [5.41, 5.74) is 0.323. The topological polar surface area (TPSA) is 34.1 Å². The van der Waals surface area contributed by atoms with Gasteiger partial charge in [0.2, 0.25) is 0 Å². The maximum absolute atomic E-state index is 11.8. The van der Waals surface area contributed by atoms with Gasteiger partial charge in [0.1, 0.15) is 5.78 Å². The molecule has 1 rings (SSSR count). The summed E-state index contributed by atoms with van der Waals surface area (Å²) in [6, 6.07) is 4.85. The fourth-order valence-electron chi connectivity index (χ4n) is 1.46. The van der Waals surface area contributed by atoms with Gasteiger partial charge in [-0.1, -0.05) is 42.6 Å². The first-order valence-electron chi connectivity index (χ1n) is 5.55. The second kappa shape index (κ2) is 6.77. The minimum atomic E-state index is -0.265. The Balaban J connectivity index is 2.70. The quantitative estimate of drug-likeness (QED) is 0.571. The number of Topliss-reactive ketones (excluding diaryl/α,β-unsaturated/α-hetero) is 2. The number of benzene rings is 1. The second-order valence-electron chi connectivity index (χ2n) is 3.84. The largest absolute Gasteiger partial charge is 0.299 e. The molecular weight excluding hydrogens is 259 g/mol. The summed E-state index contributed by atoms with van der Waals surface area (Å²) in [4.78, 5) is 23.3. The van der Waals surface area contributed by atoms with Crippen LogP contribution in [0.2, 0.25) is 10.0 Å². The maximum Gasteiger partial charge on any atom is 0.171 e. The summed E-state index contributed by atoms with van der Waals surface area (Å²) in [7, 11) is 0. The SMILES string of the molecule is CCCCC(=O)CC(=O)c1cccc(Cl)c1Cl. The van der Waals surface area contributed by atoms with Crippen molar-refractivity contribution in [3.8, 4) is 0 Å². The molecule has 0 aromatic heterocycles. The summed E-state index contributed by atoms with van der Waals surface area (Å²) in [5.74, 6) is -0.313. The van der Waals surface area contributed by atoms with Gasteiger partial charge in [-0.3, -0.25) is 9.59 Å². The predicted octanol–water partition coefficient (Wildman–Crippen LogP) is 4.33. The number of carbonyl (C=O) groups excluding carboxylic acids is 2. The standard InChI is InChI=1S/C13H14Cl2O2/c1-2-3-5-9(16)8-12(17)10-6-4-7-11(14)13(10)15/h4,6-7H,2-3,5,8H2,1H3. The Labute approximate surface area is 111 Å². The summed E-state index contributed by atoms with van der Waals surface area (Å²) < 4.78 is 0. The van der Waals surface area contributed by atoms with Gasteiger partial charge < -0.3 is 0 Å². The Morgan fingerprint density at radius 3 is 2.59 bits per heavy atom. The summed E-state index contributed by atoms with van der Waals surface area (Å²) in [5, 5.41) is 0.556. The van der Waals surface area contributed by atoms with E-state index in [-0.39, 0.29) is 23.0 Å². The summed E-state index contributed by atoms with van der Waals surface area (Å²) in [6.45, 7) is 2.00. The first-order chi connectivity index (χ1) is 8.06. The van der Waals surface area contributed by atoms with Crippen LogP contribution in [-0.2, 0) is 4.79 Å². The molecule has 0 radical (unpaired) electrons. The zero-order chi connectivity index (χ0) is 12.8. The number of hydrogen-bond donors (Lipinski definition) is 0. The molecule has 1 aromatic carbocycles. The molecule has 0 aliphatic heterocycles. The van der Waals surface area contributed by atoms with Crippen molar-refractivity contribution in [2.45, 2.75) is 32.6 Å². The fourth-order valence-corrected chi connectivity index (χ4v) is 1.86. The van der Waals surface area contributed by atoms with Gasteiger partial charge in [0.15, 0.2) is 5.78 Å². The van der Waals surface area contributed by atoms with Gasteiger partial charge in [-0.15, -0.1) is 0 Å². The van der Waals surface area contributed by atoms with Gasteiger partial charge in [0.25, 0.3) is 0 Å². The fraction of sp³-hybridized carbons (Fsp3) is 0.385. The van der Waals surface area contributed by atoms with Crippen LogP contribution >= 0.6 is 23.2 Å². The lowest BCUT2D eigenvalue weighted by Crippen LogP contribution is -2.08. The van der Waals surface area contributed by atoms with Crippen molar-refractivity contribution in [1.82, 2.24) is 0 Å². The molecule has 0 heterocycles. The lowest BCUT2D eigenvalue weighted by atomic mass is 10.0. The number of unbranched alkanes of at least 4 members (excludes halogenated alkanes) is 1. The number of carbonyl (C=O) groups is 2. The van der Waals surface area contributed by atoms with Crippen molar-refractivity contribution >= 4 is 34.8 Å². The van der Waals surface area contributed by atoms with Crippen molar-refractivity contribution in [1.29, 1.82) is 0 Å². The Hall–Kier alpha value is -0.860. The molecule has 0 bridgehead atoms. The smallest absolute Gasteiger partial charge is 0.171 e. The molecule has 0 saturated heterocycles. The Morgan fingerprint density at radius 1 is 1.24 bits per heavy atom. The van der Waals surface area contributed by atoms with Crippen LogP contribution in [0.1, 0.15) is 43.0 Å². The summed E-state index contributed by atoms with van der Waals surface area (Å²) in [6.07, 6.45) is 2.10. The highest BCUT2D eigenvalue weighted by molar-refractivity contribution is 6.44. The third kappa shape index (κ3) is 4.14. The van der Waals surface area contributed by atoms with E-state index in [1.807, 2.05) is 6.92 Å². The number of ketones is 2. The van der Waals surface area contributed by atoms with E-state index in [1.165, 1.54) is 0 Å². The molecule has 0 N–H and O–H groups in total. The minimum Gasteiger partial charge on any atom is -0.299 e. The average Bonchev–Trinajstić information content (AvgIpc) is 2.29. The number of hydrogen-bond acceptors (Lipinski definition) is 2. The Kier molecular flexibility index (Phi) is 5.66. The highest BCUT2D eigenvalue weighted by Gasteiger charge is 2.15. The first-order valence-corrected chi connectivity index (χ1v) is 6.30. The zero-order valence-corrected chi connectivity index (χ0v) is 11.1. The van der Waals surface area contributed by atoms with E-state index >= 15 is 0 Å². The first kappa shape index (κ1) is 14.2. The molecule has 17 heavy (non-hydrogen) atoms. The third-order valence-corrected chi connectivity index (χ3v) is 3.24. The highest BCUT2D eigenvalue weighted by atomic mass is 35.5. The second-order valence-corrected chi connectivity index (χ2v) is 4.63. The molecule has 0 atom stereocenters. The highest BCUT2D eigenvalue weighted by Crippen LogP contribution is 2.26. The van der Waals surface area contributed by atoms with E-state index < -0.39 is 0 Å². The van der Waals surface area contributed by atoms with Gasteiger partial charge in [-0.2, -0.15) is 0 Å². The van der Waals surface area contributed by atoms with Gasteiger partial charge in [0.05, 0.1) is 16.5 Å². The van der Waals surface area contributed by atoms with Crippen LogP contribution in [-0.4, -0.2) is 11.6 Å². The van der Waals surface area contributed by atoms with E-state index in [0.717, 1.165) is 12.8 Å². The van der Waals surface area contributed by atoms with Crippen molar-refractivity contribution < 1.29 is 9.59 Å². The minimum absolute atomic E-state index is 0.0482. The number of halogens is 2. The zero-order valence-electron chi connectivity index (χ0n) is 9.63. The molecule has 0 aliphatic carbocycles. The third-order valence-electron chi connectivity index (χ3n) is 2.42. The monoisotopic (exact) mass is 272 g/mol. The molecule has 2 nitrogen and oxygen atoms in total. The molecule has 0 spiro atoms. The normalized spacial score (nSPS) is 10.3. The Bertz CT molecular complexity index is 427. The van der Waals surface area contributed by atoms with Crippen LogP contribution in [0, 0.1) is 0 Å². The van der Waals surface area contributed by atoms with Crippen molar-refractivity contribution in [2.24, 2.45) is 0 Å². The van der Waals surface area contributed by atoms with Crippen LogP contribution < -0.4 is 0 Å². The molecule has 1 aromatic rings. The molecule has 0 fully saturated rings. The number of rotatable bonds is 6. The molecule has 0 unspecified atom stereocenters. The molecule has 0 aliphatic rings. The lowest BCUT2D eigenvalue weighted by Gasteiger charge is -2.04. The molecule has 92 valence electrons. The van der Waals surface area contributed by atoms with E-state index in [0.29, 0.717) is 17.0 Å². The van der Waals surface area contributed by atoms with Crippen molar-refractivity contribution in [3.05, 3.63) is 33.8 Å². The van der Waals surface area contributed by atoms with Gasteiger partial charge >= 0.3 is 0 Å². The van der Waals surface area contributed by atoms with Gasteiger partial charge in [-0.05, 0) is 18.6 Å². The van der Waals surface area contributed by atoms with Gasteiger partial charge in [-0.25, -0.2) is 0 Å². The van der Waals surface area contributed by atoms with Crippen LogP contribution in [0.15, 0.2) is 18.2 Å². The molecule has 4 heteroatoms. The Morgan fingerprint density at radius 2 is 1.94 bits per heavy atom. The molecule has 0 saturated carbocycles. The predicted molar refractivity (Wildman–Crippen MR) is 69.9 cm³/mol. The van der Waals surface area contributed by atoms with Crippen LogP contribution in [0.3, 0.4) is 0 Å². The summed E-state index contributed by atoms with van der Waals surface area (Å²) >= 11 is 11.7. The van der Waals surface area contributed by atoms with E-state index in [9.17, 15) is 9.59 Å². The van der Waals surface area contributed by atoms with Crippen molar-refractivity contribution in [3.63, 3.8) is 0 Å².